The molecule has 8 heteroatoms. The Morgan fingerprint density at radius 2 is 1.77 bits per heavy atom. The van der Waals surface area contributed by atoms with E-state index < -0.39 is 0 Å². The summed E-state index contributed by atoms with van der Waals surface area (Å²) in [7, 11) is 0. The van der Waals surface area contributed by atoms with Crippen molar-refractivity contribution in [1.82, 2.24) is 14.8 Å². The van der Waals surface area contributed by atoms with Gasteiger partial charge in [-0.15, -0.1) is 10.2 Å². The van der Waals surface area contributed by atoms with Crippen LogP contribution in [0.2, 0.25) is 5.02 Å². The maximum absolute atomic E-state index is 13.3. The van der Waals surface area contributed by atoms with E-state index in [4.69, 9.17) is 16.3 Å². The number of carbonyl (C=O) groups excluding carboxylic acids is 1. The van der Waals surface area contributed by atoms with Gasteiger partial charge in [0.1, 0.15) is 5.75 Å². The first-order valence-electron chi connectivity index (χ1n) is 11.4. The standard InChI is InChI=1S/C27H27ClN4O2S/c1-4-34-24-15-13-23(14-16-24)32-26(20-9-8-10-21(28)17-20)29-30-27(32)35-18-25(33)31(19(2)3)22-11-6-5-7-12-22/h5-17,19H,4,18H2,1-3H3. The molecule has 1 aromatic heterocycles. The van der Waals surface area contributed by atoms with Gasteiger partial charge in [0, 0.05) is 28.0 Å². The summed E-state index contributed by atoms with van der Waals surface area (Å²) in [6.45, 7) is 6.56. The van der Waals surface area contributed by atoms with Gasteiger partial charge in [0.2, 0.25) is 5.91 Å². The molecule has 0 aliphatic carbocycles. The van der Waals surface area contributed by atoms with Crippen molar-refractivity contribution < 1.29 is 9.53 Å². The fraction of sp³-hybridized carbons (Fsp3) is 0.222. The molecule has 0 atom stereocenters. The van der Waals surface area contributed by atoms with Gasteiger partial charge in [0.25, 0.3) is 0 Å². The summed E-state index contributed by atoms with van der Waals surface area (Å²) in [4.78, 5) is 15.1. The fourth-order valence-corrected chi connectivity index (χ4v) is 4.78. The molecule has 0 radical (unpaired) electrons. The van der Waals surface area contributed by atoms with Crippen molar-refractivity contribution in [2.45, 2.75) is 32.0 Å². The first-order chi connectivity index (χ1) is 17.0. The van der Waals surface area contributed by atoms with E-state index in [0.29, 0.717) is 22.6 Å². The van der Waals surface area contributed by atoms with Gasteiger partial charge in [-0.05, 0) is 69.3 Å². The number of hydrogen-bond donors (Lipinski definition) is 0. The Balaban J connectivity index is 1.66. The Bertz CT molecular complexity index is 1280. The predicted molar refractivity (Wildman–Crippen MR) is 143 cm³/mol. The first-order valence-corrected chi connectivity index (χ1v) is 12.8. The van der Waals surface area contributed by atoms with E-state index in [1.807, 2.05) is 109 Å². The van der Waals surface area contributed by atoms with Crippen molar-refractivity contribution in [3.8, 4) is 22.8 Å². The van der Waals surface area contributed by atoms with Crippen LogP contribution in [0.3, 0.4) is 0 Å². The van der Waals surface area contributed by atoms with E-state index in [1.54, 1.807) is 0 Å². The molecule has 35 heavy (non-hydrogen) atoms. The van der Waals surface area contributed by atoms with Crippen molar-refractivity contribution in [3.63, 3.8) is 0 Å². The molecule has 4 aromatic rings. The molecule has 4 rings (SSSR count). The van der Waals surface area contributed by atoms with Crippen LogP contribution in [0.5, 0.6) is 5.75 Å². The van der Waals surface area contributed by atoms with Gasteiger partial charge in [0.15, 0.2) is 11.0 Å². The van der Waals surface area contributed by atoms with Gasteiger partial charge in [-0.3, -0.25) is 9.36 Å². The van der Waals surface area contributed by atoms with E-state index in [9.17, 15) is 4.79 Å². The summed E-state index contributed by atoms with van der Waals surface area (Å²) < 4.78 is 7.54. The highest BCUT2D eigenvalue weighted by Crippen LogP contribution is 2.30. The minimum absolute atomic E-state index is 0.00162. The zero-order chi connectivity index (χ0) is 24.8. The van der Waals surface area contributed by atoms with Crippen LogP contribution in [0, 0.1) is 0 Å². The first kappa shape index (κ1) is 24.8. The summed E-state index contributed by atoms with van der Waals surface area (Å²) in [6, 6.07) is 25.0. The van der Waals surface area contributed by atoms with E-state index in [2.05, 4.69) is 10.2 Å². The monoisotopic (exact) mass is 506 g/mol. The third-order valence-corrected chi connectivity index (χ3v) is 6.42. The second-order valence-electron chi connectivity index (χ2n) is 8.06. The van der Waals surface area contributed by atoms with E-state index in [-0.39, 0.29) is 17.7 Å². The van der Waals surface area contributed by atoms with Crippen LogP contribution in [-0.4, -0.2) is 39.1 Å². The molecule has 180 valence electrons. The lowest BCUT2D eigenvalue weighted by atomic mass is 10.2. The SMILES string of the molecule is CCOc1ccc(-n2c(SCC(=O)N(c3ccccc3)C(C)C)nnc2-c2cccc(Cl)c2)cc1. The Morgan fingerprint density at radius 1 is 1.03 bits per heavy atom. The summed E-state index contributed by atoms with van der Waals surface area (Å²) >= 11 is 7.61. The quantitative estimate of drug-likeness (QED) is 0.242. The fourth-order valence-electron chi connectivity index (χ4n) is 3.78. The van der Waals surface area contributed by atoms with Crippen LogP contribution < -0.4 is 9.64 Å². The molecule has 1 heterocycles. The number of anilines is 1. The highest BCUT2D eigenvalue weighted by Gasteiger charge is 2.22. The molecule has 0 saturated heterocycles. The zero-order valence-corrected chi connectivity index (χ0v) is 21.5. The van der Waals surface area contributed by atoms with Gasteiger partial charge in [0.05, 0.1) is 12.4 Å². The van der Waals surface area contributed by atoms with Gasteiger partial charge >= 0.3 is 0 Å². The molecule has 6 nitrogen and oxygen atoms in total. The molecule has 0 aliphatic heterocycles. The Morgan fingerprint density at radius 3 is 2.43 bits per heavy atom. The molecule has 0 bridgehead atoms. The van der Waals surface area contributed by atoms with E-state index in [0.717, 1.165) is 22.7 Å². The molecular weight excluding hydrogens is 480 g/mol. The number of benzene rings is 3. The molecule has 0 saturated carbocycles. The third kappa shape index (κ3) is 5.86. The normalized spacial score (nSPS) is 11.0. The van der Waals surface area contributed by atoms with Crippen LogP contribution in [-0.2, 0) is 4.79 Å². The number of rotatable bonds is 9. The number of halogens is 1. The van der Waals surface area contributed by atoms with Gasteiger partial charge in [-0.2, -0.15) is 0 Å². The van der Waals surface area contributed by atoms with Crippen LogP contribution in [0.4, 0.5) is 5.69 Å². The lowest BCUT2D eigenvalue weighted by Crippen LogP contribution is -2.38. The van der Waals surface area contributed by atoms with Crippen LogP contribution in [0.15, 0.2) is 84.0 Å². The summed E-state index contributed by atoms with van der Waals surface area (Å²) in [6.07, 6.45) is 0. The number of carbonyl (C=O) groups is 1. The largest absolute Gasteiger partial charge is 0.494 e. The summed E-state index contributed by atoms with van der Waals surface area (Å²) in [5.74, 6) is 1.66. The summed E-state index contributed by atoms with van der Waals surface area (Å²) in [5.41, 5.74) is 2.58. The molecular formula is C27H27ClN4O2S. The topological polar surface area (TPSA) is 60.2 Å². The number of ether oxygens (including phenoxy) is 1. The number of nitrogens with zero attached hydrogens (tertiary/aromatic N) is 4. The van der Waals surface area contributed by atoms with Crippen LogP contribution in [0.25, 0.3) is 17.1 Å². The van der Waals surface area contributed by atoms with Crippen LogP contribution >= 0.6 is 23.4 Å². The molecule has 0 unspecified atom stereocenters. The Hall–Kier alpha value is -3.29. The number of amides is 1. The van der Waals surface area contributed by atoms with Crippen molar-refractivity contribution in [2.24, 2.45) is 0 Å². The lowest BCUT2D eigenvalue weighted by Gasteiger charge is -2.26. The minimum atomic E-state index is 0.00162. The van der Waals surface area contributed by atoms with Gasteiger partial charge in [-0.1, -0.05) is 53.7 Å². The third-order valence-electron chi connectivity index (χ3n) is 5.27. The maximum Gasteiger partial charge on any atom is 0.237 e. The highest BCUT2D eigenvalue weighted by atomic mass is 35.5. The smallest absolute Gasteiger partial charge is 0.237 e. The Labute approximate surface area is 214 Å². The zero-order valence-electron chi connectivity index (χ0n) is 19.9. The molecule has 0 spiro atoms. The average Bonchev–Trinajstić information content (AvgIpc) is 3.28. The lowest BCUT2D eigenvalue weighted by molar-refractivity contribution is -0.116. The van der Waals surface area contributed by atoms with Crippen molar-refractivity contribution in [2.75, 3.05) is 17.3 Å². The Kier molecular flexibility index (Phi) is 8.10. The minimum Gasteiger partial charge on any atom is -0.494 e. The van der Waals surface area contributed by atoms with Crippen molar-refractivity contribution in [1.29, 1.82) is 0 Å². The number of hydrogen-bond acceptors (Lipinski definition) is 5. The molecule has 0 N–H and O–H groups in total. The summed E-state index contributed by atoms with van der Waals surface area (Å²) in [5, 5.41) is 10.1. The van der Waals surface area contributed by atoms with Gasteiger partial charge < -0.3 is 9.64 Å². The van der Waals surface area contributed by atoms with Crippen molar-refractivity contribution in [3.05, 3.63) is 83.9 Å². The second-order valence-corrected chi connectivity index (χ2v) is 9.44. The van der Waals surface area contributed by atoms with Gasteiger partial charge in [-0.25, -0.2) is 0 Å². The number of aromatic nitrogens is 3. The maximum atomic E-state index is 13.3. The van der Waals surface area contributed by atoms with E-state index in [1.165, 1.54) is 11.8 Å². The van der Waals surface area contributed by atoms with Crippen LogP contribution in [0.1, 0.15) is 20.8 Å². The molecule has 0 aliphatic rings. The number of thioether (sulfide) groups is 1. The number of para-hydroxylation sites is 1. The highest BCUT2D eigenvalue weighted by molar-refractivity contribution is 7.99. The predicted octanol–water partition coefficient (Wildman–Crippen LogP) is 6.52. The second kappa shape index (κ2) is 11.4. The van der Waals surface area contributed by atoms with E-state index >= 15 is 0 Å². The molecule has 1 amide bonds. The molecule has 3 aromatic carbocycles. The average molecular weight is 507 g/mol. The van der Waals surface area contributed by atoms with Crippen molar-refractivity contribution >= 4 is 35.0 Å². The molecule has 0 fully saturated rings.